The molecule has 4 nitrogen and oxygen atoms in total. The number of nitrogens with zero attached hydrogens (tertiary/aromatic N) is 3. The van der Waals surface area contributed by atoms with Crippen LogP contribution in [0.1, 0.15) is 17.8 Å². The second-order valence-electron chi connectivity index (χ2n) is 4.26. The van der Waals surface area contributed by atoms with Crippen LogP contribution in [0.2, 0.25) is 0 Å². The molecule has 0 aliphatic heterocycles. The van der Waals surface area contributed by atoms with Crippen molar-refractivity contribution in [3.8, 4) is 11.5 Å². The Balaban J connectivity index is 2.09. The molecule has 0 aromatic carbocycles. The van der Waals surface area contributed by atoms with E-state index in [1.807, 2.05) is 10.9 Å². The second kappa shape index (κ2) is 3.68. The van der Waals surface area contributed by atoms with E-state index in [1.165, 1.54) is 11.4 Å². The normalized spacial score (nSPS) is 19.8. The zero-order valence-electron chi connectivity index (χ0n) is 9.18. The molecule has 5 heteroatoms. The van der Waals surface area contributed by atoms with E-state index >= 15 is 0 Å². The molecular weight excluding hydrogens is 220 g/mol. The maximum Gasteiger partial charge on any atom is 0.159 e. The van der Waals surface area contributed by atoms with Crippen LogP contribution < -0.4 is 5.73 Å². The maximum absolute atomic E-state index is 5.99. The minimum atomic E-state index is 0.284. The summed E-state index contributed by atoms with van der Waals surface area (Å²) in [5.41, 5.74) is 11.3. The minimum Gasteiger partial charge on any atom is -0.330 e. The summed E-state index contributed by atoms with van der Waals surface area (Å²) in [5, 5.41) is 2.04. The Morgan fingerprint density at radius 1 is 1.56 bits per heavy atom. The van der Waals surface area contributed by atoms with Gasteiger partial charge in [0.05, 0.1) is 11.2 Å². The van der Waals surface area contributed by atoms with Gasteiger partial charge >= 0.3 is 0 Å². The predicted molar refractivity (Wildman–Crippen MR) is 64.3 cm³/mol. The van der Waals surface area contributed by atoms with Crippen LogP contribution in [0.3, 0.4) is 0 Å². The number of hydrogen-bond donors (Lipinski definition) is 1. The van der Waals surface area contributed by atoms with Crippen molar-refractivity contribution in [1.29, 1.82) is 0 Å². The van der Waals surface area contributed by atoms with Gasteiger partial charge in [0.25, 0.3) is 0 Å². The molecule has 2 aromatic rings. The van der Waals surface area contributed by atoms with Crippen molar-refractivity contribution in [3.05, 3.63) is 22.3 Å². The average Bonchev–Trinajstić information content (AvgIpc) is 2.87. The van der Waals surface area contributed by atoms with Crippen molar-refractivity contribution in [2.75, 3.05) is 0 Å². The highest BCUT2D eigenvalue weighted by Crippen LogP contribution is 2.26. The lowest BCUT2D eigenvalue weighted by atomic mass is 9.97. The standard InChI is InChI=1S/C11H14N4S/c1-15-10-4-7(12)2-3-8(10)14-11(15)9-5-16-6-13-9/h5-7H,2-4,12H2,1H3. The van der Waals surface area contributed by atoms with Gasteiger partial charge in [-0.1, -0.05) is 0 Å². The number of fused-ring (bicyclic) bond motifs is 1. The molecule has 1 atom stereocenters. The summed E-state index contributed by atoms with van der Waals surface area (Å²) >= 11 is 1.60. The highest BCUT2D eigenvalue weighted by molar-refractivity contribution is 7.07. The molecule has 1 aliphatic rings. The molecule has 16 heavy (non-hydrogen) atoms. The SMILES string of the molecule is Cn1c(-c2cscn2)nc2c1CC(N)CC2. The van der Waals surface area contributed by atoms with Crippen molar-refractivity contribution < 1.29 is 0 Å². The summed E-state index contributed by atoms with van der Waals surface area (Å²) in [4.78, 5) is 8.99. The van der Waals surface area contributed by atoms with E-state index in [1.54, 1.807) is 11.3 Å². The van der Waals surface area contributed by atoms with E-state index in [0.29, 0.717) is 0 Å². The van der Waals surface area contributed by atoms with E-state index in [-0.39, 0.29) is 6.04 Å². The van der Waals surface area contributed by atoms with E-state index in [2.05, 4.69) is 21.6 Å². The molecule has 2 N–H and O–H groups in total. The summed E-state index contributed by atoms with van der Waals surface area (Å²) in [7, 11) is 2.05. The fourth-order valence-electron chi connectivity index (χ4n) is 2.27. The lowest BCUT2D eigenvalue weighted by molar-refractivity contribution is 0.552. The van der Waals surface area contributed by atoms with Crippen LogP contribution >= 0.6 is 11.3 Å². The van der Waals surface area contributed by atoms with Crippen LogP contribution in [0, 0.1) is 0 Å². The van der Waals surface area contributed by atoms with Crippen LogP contribution in [0.25, 0.3) is 11.5 Å². The second-order valence-corrected chi connectivity index (χ2v) is 4.98. The third-order valence-corrected chi connectivity index (χ3v) is 3.75. The van der Waals surface area contributed by atoms with Gasteiger partial charge in [-0.25, -0.2) is 9.97 Å². The first-order chi connectivity index (χ1) is 7.75. The van der Waals surface area contributed by atoms with Crippen molar-refractivity contribution in [1.82, 2.24) is 14.5 Å². The zero-order chi connectivity index (χ0) is 11.1. The van der Waals surface area contributed by atoms with E-state index in [9.17, 15) is 0 Å². The number of hydrogen-bond acceptors (Lipinski definition) is 4. The fraction of sp³-hybridized carbons (Fsp3) is 0.455. The van der Waals surface area contributed by atoms with Gasteiger partial charge in [-0.15, -0.1) is 11.3 Å². The largest absolute Gasteiger partial charge is 0.330 e. The molecule has 2 heterocycles. The third-order valence-electron chi connectivity index (χ3n) is 3.17. The molecule has 0 fully saturated rings. The topological polar surface area (TPSA) is 56.7 Å². The quantitative estimate of drug-likeness (QED) is 0.810. The van der Waals surface area contributed by atoms with E-state index in [0.717, 1.165) is 30.8 Å². The van der Waals surface area contributed by atoms with Crippen molar-refractivity contribution in [2.45, 2.75) is 25.3 Å². The van der Waals surface area contributed by atoms with Crippen LogP contribution in [0.4, 0.5) is 0 Å². The minimum absolute atomic E-state index is 0.284. The average molecular weight is 234 g/mol. The van der Waals surface area contributed by atoms with Crippen LogP contribution in [-0.4, -0.2) is 20.6 Å². The number of nitrogens with two attached hydrogens (primary N) is 1. The van der Waals surface area contributed by atoms with Crippen LogP contribution in [0.5, 0.6) is 0 Å². The van der Waals surface area contributed by atoms with Gasteiger partial charge in [0.1, 0.15) is 5.69 Å². The maximum atomic E-state index is 5.99. The smallest absolute Gasteiger partial charge is 0.159 e. The van der Waals surface area contributed by atoms with Gasteiger partial charge in [-0.05, 0) is 12.8 Å². The van der Waals surface area contributed by atoms with E-state index < -0.39 is 0 Å². The summed E-state index contributed by atoms with van der Waals surface area (Å²) in [6, 6.07) is 0.284. The molecule has 0 bridgehead atoms. The van der Waals surface area contributed by atoms with Crippen LogP contribution in [-0.2, 0) is 19.9 Å². The highest BCUT2D eigenvalue weighted by atomic mass is 32.1. The molecule has 84 valence electrons. The summed E-state index contributed by atoms with van der Waals surface area (Å²) in [6.07, 6.45) is 2.97. The lowest BCUT2D eigenvalue weighted by Crippen LogP contribution is -2.28. The Hall–Kier alpha value is -1.20. The van der Waals surface area contributed by atoms with Gasteiger partial charge in [0.15, 0.2) is 5.82 Å². The van der Waals surface area contributed by atoms with Crippen LogP contribution in [0.15, 0.2) is 10.9 Å². The van der Waals surface area contributed by atoms with Gasteiger partial charge in [0, 0.05) is 30.6 Å². The van der Waals surface area contributed by atoms with Gasteiger partial charge in [0.2, 0.25) is 0 Å². The molecule has 2 aromatic heterocycles. The Morgan fingerprint density at radius 2 is 2.44 bits per heavy atom. The Kier molecular flexibility index (Phi) is 2.29. The van der Waals surface area contributed by atoms with Gasteiger partial charge < -0.3 is 10.3 Å². The summed E-state index contributed by atoms with van der Waals surface area (Å²) in [6.45, 7) is 0. The van der Waals surface area contributed by atoms with Crippen molar-refractivity contribution in [2.24, 2.45) is 12.8 Å². The number of imidazole rings is 1. The molecule has 3 rings (SSSR count). The lowest BCUT2D eigenvalue weighted by Gasteiger charge is -2.18. The summed E-state index contributed by atoms with van der Waals surface area (Å²) < 4.78 is 2.14. The fourth-order valence-corrected chi connectivity index (χ4v) is 2.80. The molecular formula is C11H14N4S. The first kappa shape index (κ1) is 9.99. The summed E-state index contributed by atoms with van der Waals surface area (Å²) in [5.74, 6) is 0.973. The Bertz CT molecular complexity index is 500. The molecule has 1 aliphatic carbocycles. The highest BCUT2D eigenvalue weighted by Gasteiger charge is 2.23. The molecule has 0 saturated heterocycles. The Morgan fingerprint density at radius 3 is 3.19 bits per heavy atom. The van der Waals surface area contributed by atoms with E-state index in [4.69, 9.17) is 5.73 Å². The number of aryl methyl sites for hydroxylation is 1. The van der Waals surface area contributed by atoms with Gasteiger partial charge in [-0.2, -0.15) is 0 Å². The molecule has 0 amide bonds. The Labute approximate surface area is 98.1 Å². The van der Waals surface area contributed by atoms with Crippen molar-refractivity contribution >= 4 is 11.3 Å². The molecule has 0 radical (unpaired) electrons. The first-order valence-corrected chi connectivity index (χ1v) is 6.38. The first-order valence-electron chi connectivity index (χ1n) is 5.44. The monoisotopic (exact) mass is 234 g/mol. The third kappa shape index (κ3) is 1.47. The number of thiazole rings is 1. The number of rotatable bonds is 1. The predicted octanol–water partition coefficient (Wildman–Crippen LogP) is 1.36. The zero-order valence-corrected chi connectivity index (χ0v) is 10.00. The molecule has 1 unspecified atom stereocenters. The molecule has 0 saturated carbocycles. The van der Waals surface area contributed by atoms with Crippen molar-refractivity contribution in [3.63, 3.8) is 0 Å². The van der Waals surface area contributed by atoms with Gasteiger partial charge in [-0.3, -0.25) is 0 Å². The molecule has 0 spiro atoms. The number of aromatic nitrogens is 3.